The minimum atomic E-state index is 0.292. The summed E-state index contributed by atoms with van der Waals surface area (Å²) in [6.45, 7) is 5.28. The van der Waals surface area contributed by atoms with Gasteiger partial charge in [0.05, 0.1) is 17.7 Å². The lowest BCUT2D eigenvalue weighted by Gasteiger charge is -2.11. The second kappa shape index (κ2) is 6.70. The van der Waals surface area contributed by atoms with Gasteiger partial charge in [0.25, 0.3) is 0 Å². The van der Waals surface area contributed by atoms with E-state index < -0.39 is 0 Å². The average molecular weight is 229 g/mol. The van der Waals surface area contributed by atoms with E-state index >= 15 is 0 Å². The first kappa shape index (κ1) is 12.3. The highest BCUT2D eigenvalue weighted by Crippen LogP contribution is 2.22. The molecule has 0 aliphatic rings. The lowest BCUT2D eigenvalue weighted by atomic mass is 10.3. The number of hydrogen-bond donors (Lipinski definition) is 0. The summed E-state index contributed by atoms with van der Waals surface area (Å²) in [6, 6.07) is 7.44. The van der Waals surface area contributed by atoms with Crippen LogP contribution in [0.15, 0.2) is 24.3 Å². The molecule has 0 aliphatic carbocycles. The van der Waals surface area contributed by atoms with Crippen molar-refractivity contribution in [3.63, 3.8) is 0 Å². The van der Waals surface area contributed by atoms with Gasteiger partial charge in [0.15, 0.2) is 0 Å². The Bertz CT molecular complexity index is 289. The quantitative estimate of drug-likeness (QED) is 0.694. The molecule has 0 saturated carbocycles. The lowest BCUT2D eigenvalue weighted by Crippen LogP contribution is -2.13. The van der Waals surface area contributed by atoms with Crippen LogP contribution in [0.2, 0.25) is 5.02 Å². The molecule has 2 nitrogen and oxygen atoms in total. The maximum absolute atomic E-state index is 5.93. The summed E-state index contributed by atoms with van der Waals surface area (Å²) in [6.07, 6.45) is 1.31. The van der Waals surface area contributed by atoms with Crippen molar-refractivity contribution in [2.75, 3.05) is 13.2 Å². The number of ether oxygens (including phenoxy) is 2. The molecule has 0 heterocycles. The largest absolute Gasteiger partial charge is 0.490 e. The fourth-order valence-electron chi connectivity index (χ4n) is 1.08. The Kier molecular flexibility index (Phi) is 5.51. The van der Waals surface area contributed by atoms with Gasteiger partial charge in [-0.3, -0.25) is 0 Å². The monoisotopic (exact) mass is 228 g/mol. The number of para-hydroxylation sites is 1. The van der Waals surface area contributed by atoms with E-state index in [1.165, 1.54) is 0 Å². The summed E-state index contributed by atoms with van der Waals surface area (Å²) >= 11 is 5.93. The maximum atomic E-state index is 5.93. The van der Waals surface area contributed by atoms with Crippen molar-refractivity contribution in [1.82, 2.24) is 0 Å². The molecule has 1 atom stereocenters. The van der Waals surface area contributed by atoms with Gasteiger partial charge in [0.2, 0.25) is 0 Å². The molecule has 0 aromatic heterocycles. The second-order valence-corrected chi connectivity index (χ2v) is 3.78. The zero-order valence-electron chi connectivity index (χ0n) is 9.20. The molecule has 0 saturated heterocycles. The van der Waals surface area contributed by atoms with Gasteiger partial charge >= 0.3 is 0 Å². The summed E-state index contributed by atoms with van der Waals surface area (Å²) in [5.41, 5.74) is 0. The summed E-state index contributed by atoms with van der Waals surface area (Å²) in [5.74, 6) is 0.715. The number of benzene rings is 1. The molecule has 3 heteroatoms. The molecule has 0 amide bonds. The maximum Gasteiger partial charge on any atom is 0.138 e. The van der Waals surface area contributed by atoms with Crippen molar-refractivity contribution in [2.24, 2.45) is 0 Å². The number of hydrogen-bond acceptors (Lipinski definition) is 2. The molecule has 1 aromatic rings. The first-order valence-corrected chi connectivity index (χ1v) is 5.60. The standard InChI is InChI=1S/C12H17ClO2/c1-3-10(2)14-8-9-15-12-7-5-4-6-11(12)13/h4-7,10H,3,8-9H2,1-2H3. The van der Waals surface area contributed by atoms with Crippen LogP contribution in [0.5, 0.6) is 5.75 Å². The van der Waals surface area contributed by atoms with E-state index in [0.29, 0.717) is 30.1 Å². The number of halogens is 1. The average Bonchev–Trinajstić information content (AvgIpc) is 2.26. The summed E-state index contributed by atoms with van der Waals surface area (Å²) in [7, 11) is 0. The van der Waals surface area contributed by atoms with Crippen LogP contribution in [0.4, 0.5) is 0 Å². The van der Waals surface area contributed by atoms with Crippen LogP contribution in [0, 0.1) is 0 Å². The second-order valence-electron chi connectivity index (χ2n) is 3.37. The van der Waals surface area contributed by atoms with Gasteiger partial charge in [-0.2, -0.15) is 0 Å². The van der Waals surface area contributed by atoms with E-state index in [9.17, 15) is 0 Å². The topological polar surface area (TPSA) is 18.5 Å². The first-order chi connectivity index (χ1) is 7.24. The van der Waals surface area contributed by atoms with Crippen LogP contribution in [0.1, 0.15) is 20.3 Å². The fraction of sp³-hybridized carbons (Fsp3) is 0.500. The van der Waals surface area contributed by atoms with Crippen LogP contribution in [0.3, 0.4) is 0 Å². The van der Waals surface area contributed by atoms with Crippen LogP contribution in [-0.2, 0) is 4.74 Å². The highest BCUT2D eigenvalue weighted by molar-refractivity contribution is 6.32. The molecule has 84 valence electrons. The Morgan fingerprint density at radius 3 is 2.67 bits per heavy atom. The molecule has 0 aliphatic heterocycles. The van der Waals surface area contributed by atoms with Crippen LogP contribution >= 0.6 is 11.6 Å². The molecule has 1 unspecified atom stereocenters. The SMILES string of the molecule is CCC(C)OCCOc1ccccc1Cl. The van der Waals surface area contributed by atoms with Crippen molar-refractivity contribution in [1.29, 1.82) is 0 Å². The molecule has 1 rings (SSSR count). The van der Waals surface area contributed by atoms with E-state index in [2.05, 4.69) is 13.8 Å². The predicted octanol–water partition coefficient (Wildman–Crippen LogP) is 3.53. The minimum Gasteiger partial charge on any atom is -0.490 e. The molecule has 0 radical (unpaired) electrons. The minimum absolute atomic E-state index is 0.292. The number of rotatable bonds is 6. The van der Waals surface area contributed by atoms with Gasteiger partial charge in [-0.05, 0) is 25.5 Å². The Labute approximate surface area is 96.2 Å². The Morgan fingerprint density at radius 2 is 2.00 bits per heavy atom. The van der Waals surface area contributed by atoms with E-state index in [-0.39, 0.29) is 0 Å². The van der Waals surface area contributed by atoms with Crippen molar-refractivity contribution in [2.45, 2.75) is 26.4 Å². The van der Waals surface area contributed by atoms with Gasteiger partial charge in [-0.15, -0.1) is 0 Å². The third-order valence-corrected chi connectivity index (χ3v) is 2.47. The third kappa shape index (κ3) is 4.54. The van der Waals surface area contributed by atoms with Gasteiger partial charge in [-0.1, -0.05) is 30.7 Å². The van der Waals surface area contributed by atoms with E-state index in [1.807, 2.05) is 24.3 Å². The highest BCUT2D eigenvalue weighted by Gasteiger charge is 2.00. The van der Waals surface area contributed by atoms with Crippen LogP contribution < -0.4 is 4.74 Å². The van der Waals surface area contributed by atoms with E-state index in [1.54, 1.807) is 0 Å². The Morgan fingerprint density at radius 1 is 1.27 bits per heavy atom. The molecular weight excluding hydrogens is 212 g/mol. The van der Waals surface area contributed by atoms with Crippen molar-refractivity contribution in [3.05, 3.63) is 29.3 Å². The normalized spacial score (nSPS) is 12.5. The molecule has 0 N–H and O–H groups in total. The molecule has 0 bridgehead atoms. The third-order valence-electron chi connectivity index (χ3n) is 2.15. The van der Waals surface area contributed by atoms with Gasteiger partial charge in [-0.25, -0.2) is 0 Å². The zero-order chi connectivity index (χ0) is 11.1. The summed E-state index contributed by atoms with van der Waals surface area (Å²) in [4.78, 5) is 0. The van der Waals surface area contributed by atoms with Gasteiger partial charge < -0.3 is 9.47 Å². The van der Waals surface area contributed by atoms with E-state index in [4.69, 9.17) is 21.1 Å². The molecule has 0 fully saturated rings. The summed E-state index contributed by atoms with van der Waals surface area (Å²) < 4.78 is 11.0. The Hall–Kier alpha value is -0.730. The molecule has 0 spiro atoms. The lowest BCUT2D eigenvalue weighted by molar-refractivity contribution is 0.0427. The van der Waals surface area contributed by atoms with Crippen molar-refractivity contribution in [3.8, 4) is 5.75 Å². The van der Waals surface area contributed by atoms with E-state index in [0.717, 1.165) is 6.42 Å². The summed E-state index contributed by atoms with van der Waals surface area (Å²) in [5, 5.41) is 0.640. The highest BCUT2D eigenvalue weighted by atomic mass is 35.5. The van der Waals surface area contributed by atoms with Crippen LogP contribution in [-0.4, -0.2) is 19.3 Å². The van der Waals surface area contributed by atoms with Gasteiger partial charge in [0.1, 0.15) is 12.4 Å². The van der Waals surface area contributed by atoms with Crippen LogP contribution in [0.25, 0.3) is 0 Å². The van der Waals surface area contributed by atoms with Gasteiger partial charge in [0, 0.05) is 0 Å². The van der Waals surface area contributed by atoms with Crippen molar-refractivity contribution < 1.29 is 9.47 Å². The fourth-order valence-corrected chi connectivity index (χ4v) is 1.27. The molecular formula is C12H17ClO2. The zero-order valence-corrected chi connectivity index (χ0v) is 9.96. The smallest absolute Gasteiger partial charge is 0.138 e. The predicted molar refractivity (Wildman–Crippen MR) is 62.7 cm³/mol. The van der Waals surface area contributed by atoms with Crippen molar-refractivity contribution >= 4 is 11.6 Å². The molecule has 1 aromatic carbocycles. The Balaban J connectivity index is 2.23. The molecule has 15 heavy (non-hydrogen) atoms. The first-order valence-electron chi connectivity index (χ1n) is 5.23.